The highest BCUT2D eigenvalue weighted by atomic mass is 32.2. The summed E-state index contributed by atoms with van der Waals surface area (Å²) in [4.78, 5) is 3.98. The Morgan fingerprint density at radius 3 is 2.84 bits per heavy atom. The molecule has 1 fully saturated rings. The van der Waals surface area contributed by atoms with E-state index in [1.54, 1.807) is 6.92 Å². The van der Waals surface area contributed by atoms with Gasteiger partial charge in [-0.15, -0.1) is 11.3 Å². The van der Waals surface area contributed by atoms with Crippen molar-refractivity contribution in [2.24, 2.45) is 10.9 Å². The molecule has 1 heterocycles. The normalized spacial score (nSPS) is 17.1. The Morgan fingerprint density at radius 2 is 2.37 bits per heavy atom. The number of hydrogen-bond donors (Lipinski definition) is 2. The van der Waals surface area contributed by atoms with Gasteiger partial charge in [0.15, 0.2) is 4.21 Å². The first-order valence-corrected chi connectivity index (χ1v) is 8.11. The summed E-state index contributed by atoms with van der Waals surface area (Å²) in [5, 5.41) is 12.1. The number of aromatic nitrogens is 1. The molecule has 3 N–H and O–H groups in total. The summed E-state index contributed by atoms with van der Waals surface area (Å²) in [7, 11) is -3.52. The third-order valence-corrected chi connectivity index (χ3v) is 6.14. The Labute approximate surface area is 115 Å². The monoisotopic (exact) mass is 304 g/mol. The van der Waals surface area contributed by atoms with E-state index in [0.29, 0.717) is 5.01 Å². The fourth-order valence-corrected chi connectivity index (χ4v) is 4.64. The van der Waals surface area contributed by atoms with E-state index in [0.717, 1.165) is 24.2 Å². The molecule has 7 nitrogen and oxygen atoms in total. The molecule has 9 heteroatoms. The summed E-state index contributed by atoms with van der Waals surface area (Å²) in [6.45, 7) is 1.99. The molecule has 0 bridgehead atoms. The van der Waals surface area contributed by atoms with Crippen LogP contribution in [0, 0.1) is 6.92 Å². The summed E-state index contributed by atoms with van der Waals surface area (Å²) >= 11 is 1.16. The molecule has 0 aliphatic heterocycles. The van der Waals surface area contributed by atoms with Gasteiger partial charge < -0.3 is 10.9 Å². The summed E-state index contributed by atoms with van der Waals surface area (Å²) in [5.74, 6) is 0.0290. The first kappa shape index (κ1) is 14.2. The van der Waals surface area contributed by atoms with E-state index in [4.69, 9.17) is 10.9 Å². The minimum Gasteiger partial charge on any atom is -0.409 e. The van der Waals surface area contributed by atoms with Crippen LogP contribution in [0.2, 0.25) is 0 Å². The van der Waals surface area contributed by atoms with Gasteiger partial charge in [-0.05, 0) is 19.8 Å². The molecule has 2 rings (SSSR count). The molecule has 0 unspecified atom stereocenters. The molecule has 0 aromatic carbocycles. The molecule has 1 aromatic heterocycles. The van der Waals surface area contributed by atoms with Gasteiger partial charge in [0.05, 0.1) is 11.2 Å². The van der Waals surface area contributed by atoms with Crippen LogP contribution in [0.15, 0.2) is 15.6 Å². The first-order valence-electron chi connectivity index (χ1n) is 5.86. The van der Waals surface area contributed by atoms with Crippen molar-refractivity contribution >= 4 is 27.2 Å². The molecular formula is C10H16N4O3S2. The molecule has 0 saturated heterocycles. The molecule has 1 aliphatic carbocycles. The van der Waals surface area contributed by atoms with E-state index < -0.39 is 10.0 Å². The number of nitrogens with zero attached hydrogens (tertiary/aromatic N) is 3. The topological polar surface area (TPSA) is 109 Å². The van der Waals surface area contributed by atoms with Crippen molar-refractivity contribution in [2.75, 3.05) is 6.54 Å². The van der Waals surface area contributed by atoms with Gasteiger partial charge >= 0.3 is 0 Å². The molecule has 0 radical (unpaired) electrons. The molecule has 0 spiro atoms. The standard InChI is InChI=1S/C10H16N4O3S2/c1-7-12-6-10(18-7)19(16,17)14(8-2-3-8)5-4-9(11)13-15/h6,8,15H,2-5H2,1H3,(H2,11,13). The maximum absolute atomic E-state index is 12.5. The van der Waals surface area contributed by atoms with Gasteiger partial charge in [0.25, 0.3) is 10.0 Å². The zero-order valence-electron chi connectivity index (χ0n) is 10.5. The minimum atomic E-state index is -3.52. The number of rotatable bonds is 6. The van der Waals surface area contributed by atoms with Gasteiger partial charge in [-0.1, -0.05) is 5.16 Å². The SMILES string of the molecule is Cc1ncc(S(=O)(=O)N(CC/C(N)=N/O)C2CC2)s1. The number of oxime groups is 1. The Balaban J connectivity index is 2.18. The minimum absolute atomic E-state index is 0.0268. The third-order valence-electron chi connectivity index (χ3n) is 2.83. The number of amidine groups is 1. The Bertz CT molecular complexity index is 577. The fourth-order valence-electron chi connectivity index (χ4n) is 1.71. The van der Waals surface area contributed by atoms with Crippen molar-refractivity contribution in [2.45, 2.75) is 36.4 Å². The highest BCUT2D eigenvalue weighted by Gasteiger charge is 2.38. The lowest BCUT2D eigenvalue weighted by atomic mass is 10.4. The van der Waals surface area contributed by atoms with Crippen molar-refractivity contribution in [1.82, 2.24) is 9.29 Å². The number of thiazole rings is 1. The van der Waals surface area contributed by atoms with Crippen LogP contribution in [0.25, 0.3) is 0 Å². The smallest absolute Gasteiger partial charge is 0.254 e. The summed E-state index contributed by atoms with van der Waals surface area (Å²) in [6.07, 6.45) is 3.30. The average Bonchev–Trinajstić information content (AvgIpc) is 3.09. The maximum Gasteiger partial charge on any atom is 0.254 e. The second-order valence-corrected chi connectivity index (χ2v) is 7.74. The van der Waals surface area contributed by atoms with E-state index in [1.807, 2.05) is 0 Å². The van der Waals surface area contributed by atoms with Crippen molar-refractivity contribution in [1.29, 1.82) is 0 Å². The number of sulfonamides is 1. The van der Waals surface area contributed by atoms with Crippen LogP contribution in [0.1, 0.15) is 24.3 Å². The Morgan fingerprint density at radius 1 is 1.68 bits per heavy atom. The van der Waals surface area contributed by atoms with Crippen LogP contribution < -0.4 is 5.73 Å². The molecule has 1 aliphatic rings. The van der Waals surface area contributed by atoms with Crippen molar-refractivity contribution in [3.63, 3.8) is 0 Å². The second kappa shape index (κ2) is 5.43. The van der Waals surface area contributed by atoms with E-state index in [-0.39, 0.29) is 29.1 Å². The predicted molar refractivity (Wildman–Crippen MR) is 71.8 cm³/mol. The molecule has 0 atom stereocenters. The largest absolute Gasteiger partial charge is 0.409 e. The van der Waals surface area contributed by atoms with Crippen LogP contribution in [0.5, 0.6) is 0 Å². The fraction of sp³-hybridized carbons (Fsp3) is 0.600. The lowest BCUT2D eigenvalue weighted by Crippen LogP contribution is -2.35. The third kappa shape index (κ3) is 3.23. The van der Waals surface area contributed by atoms with Gasteiger partial charge in [-0.3, -0.25) is 0 Å². The van der Waals surface area contributed by atoms with E-state index >= 15 is 0 Å². The summed E-state index contributed by atoms with van der Waals surface area (Å²) in [5.41, 5.74) is 5.40. The van der Waals surface area contributed by atoms with Crippen LogP contribution in [-0.4, -0.2) is 41.3 Å². The highest BCUT2D eigenvalue weighted by Crippen LogP contribution is 2.33. The van der Waals surface area contributed by atoms with Crippen LogP contribution in [0.4, 0.5) is 0 Å². The quantitative estimate of drug-likeness (QED) is 0.349. The van der Waals surface area contributed by atoms with E-state index in [1.165, 1.54) is 10.5 Å². The van der Waals surface area contributed by atoms with Crippen molar-refractivity contribution < 1.29 is 13.6 Å². The van der Waals surface area contributed by atoms with Crippen molar-refractivity contribution in [3.8, 4) is 0 Å². The molecular weight excluding hydrogens is 288 g/mol. The lowest BCUT2D eigenvalue weighted by molar-refractivity contribution is 0.315. The van der Waals surface area contributed by atoms with Gasteiger partial charge in [0, 0.05) is 19.0 Å². The van der Waals surface area contributed by atoms with Gasteiger partial charge in [-0.2, -0.15) is 4.31 Å². The molecule has 1 saturated carbocycles. The zero-order valence-corrected chi connectivity index (χ0v) is 12.1. The van der Waals surface area contributed by atoms with Crippen LogP contribution in [0.3, 0.4) is 0 Å². The second-order valence-electron chi connectivity index (χ2n) is 4.39. The zero-order chi connectivity index (χ0) is 14.0. The van der Waals surface area contributed by atoms with Crippen LogP contribution >= 0.6 is 11.3 Å². The van der Waals surface area contributed by atoms with Crippen LogP contribution in [-0.2, 0) is 10.0 Å². The van der Waals surface area contributed by atoms with Gasteiger partial charge in [-0.25, -0.2) is 13.4 Å². The summed E-state index contributed by atoms with van der Waals surface area (Å²) < 4.78 is 26.6. The van der Waals surface area contributed by atoms with Gasteiger partial charge in [0.1, 0.15) is 5.84 Å². The summed E-state index contributed by atoms with van der Waals surface area (Å²) in [6, 6.07) is 0.0268. The molecule has 1 aromatic rings. The van der Waals surface area contributed by atoms with Crippen molar-refractivity contribution in [3.05, 3.63) is 11.2 Å². The first-order chi connectivity index (χ1) is 8.95. The Hall–Kier alpha value is -1.19. The number of hydrogen-bond acceptors (Lipinski definition) is 6. The van der Waals surface area contributed by atoms with E-state index in [9.17, 15) is 8.42 Å². The Kier molecular flexibility index (Phi) is 4.07. The highest BCUT2D eigenvalue weighted by molar-refractivity contribution is 7.91. The maximum atomic E-state index is 12.5. The van der Waals surface area contributed by atoms with E-state index in [2.05, 4.69) is 10.1 Å². The lowest BCUT2D eigenvalue weighted by Gasteiger charge is -2.20. The number of aryl methyl sites for hydroxylation is 1. The average molecular weight is 304 g/mol. The number of nitrogens with two attached hydrogens (primary N) is 1. The molecule has 0 amide bonds. The predicted octanol–water partition coefficient (Wildman–Crippen LogP) is 0.741. The molecule has 19 heavy (non-hydrogen) atoms. The molecule has 106 valence electrons. The van der Waals surface area contributed by atoms with Gasteiger partial charge in [0.2, 0.25) is 0 Å².